The number of piperidine rings is 1. The summed E-state index contributed by atoms with van der Waals surface area (Å²) in [5, 5.41) is 9.19. The first-order valence-corrected chi connectivity index (χ1v) is 8.71. The van der Waals surface area contributed by atoms with Crippen LogP contribution in [0.3, 0.4) is 0 Å². The monoisotopic (exact) mass is 357 g/mol. The van der Waals surface area contributed by atoms with Crippen LogP contribution in [0.1, 0.15) is 24.6 Å². The zero-order valence-corrected chi connectivity index (χ0v) is 13.1. The van der Waals surface area contributed by atoms with Gasteiger partial charge in [-0.2, -0.15) is 17.5 Å². The minimum absolute atomic E-state index is 0.0142. The van der Waals surface area contributed by atoms with E-state index >= 15 is 0 Å². The zero-order valence-electron chi connectivity index (χ0n) is 11.5. The number of aliphatic carboxylic acids is 1. The highest BCUT2D eigenvalue weighted by molar-refractivity contribution is 7.91. The van der Waals surface area contributed by atoms with E-state index in [0.717, 1.165) is 10.4 Å². The summed E-state index contributed by atoms with van der Waals surface area (Å²) < 4.78 is 63.0. The van der Waals surface area contributed by atoms with Crippen molar-refractivity contribution in [2.75, 3.05) is 6.54 Å². The van der Waals surface area contributed by atoms with Gasteiger partial charge in [0.1, 0.15) is 15.1 Å². The standard InChI is InChI=1S/C12H14F3NO4S2/c1-7-4-5-16(8(6-7)11(17)18)22(19,20)10-3-2-9(21-10)12(13,14)15/h2-3,7-8H,4-6H2,1H3,(H,17,18). The van der Waals surface area contributed by atoms with Crippen molar-refractivity contribution in [3.63, 3.8) is 0 Å². The van der Waals surface area contributed by atoms with Gasteiger partial charge < -0.3 is 5.11 Å². The van der Waals surface area contributed by atoms with Crippen LogP contribution in [0.25, 0.3) is 0 Å². The molecular weight excluding hydrogens is 343 g/mol. The lowest BCUT2D eigenvalue weighted by Gasteiger charge is -2.34. The number of carboxylic acids is 1. The van der Waals surface area contributed by atoms with Crippen LogP contribution in [0, 0.1) is 5.92 Å². The van der Waals surface area contributed by atoms with Gasteiger partial charge in [-0.05, 0) is 30.9 Å². The second-order valence-corrected chi connectivity index (χ2v) is 8.42. The van der Waals surface area contributed by atoms with E-state index in [1.54, 1.807) is 0 Å². The molecule has 1 aromatic rings. The van der Waals surface area contributed by atoms with Crippen molar-refractivity contribution in [3.05, 3.63) is 17.0 Å². The summed E-state index contributed by atoms with van der Waals surface area (Å²) in [5.41, 5.74) is 0. The molecule has 0 aromatic carbocycles. The van der Waals surface area contributed by atoms with Gasteiger partial charge >= 0.3 is 12.1 Å². The molecule has 1 aliphatic heterocycles. The van der Waals surface area contributed by atoms with Crippen LogP contribution < -0.4 is 0 Å². The van der Waals surface area contributed by atoms with Crippen LogP contribution in [-0.2, 0) is 21.0 Å². The van der Waals surface area contributed by atoms with Gasteiger partial charge in [-0.25, -0.2) is 8.42 Å². The normalized spacial score (nSPS) is 24.4. The second kappa shape index (κ2) is 5.82. The Hall–Kier alpha value is -1.13. The van der Waals surface area contributed by atoms with E-state index in [9.17, 15) is 31.5 Å². The summed E-state index contributed by atoms with van der Waals surface area (Å²) in [5.74, 6) is -1.25. The van der Waals surface area contributed by atoms with Crippen molar-refractivity contribution in [3.8, 4) is 0 Å². The Kier molecular flexibility index (Phi) is 4.56. The first kappa shape index (κ1) is 17.2. The topological polar surface area (TPSA) is 74.7 Å². The molecule has 2 heterocycles. The van der Waals surface area contributed by atoms with Crippen LogP contribution >= 0.6 is 11.3 Å². The molecule has 2 rings (SSSR count). The van der Waals surface area contributed by atoms with E-state index in [1.807, 2.05) is 6.92 Å². The predicted octanol–water partition coefficient (Wildman–Crippen LogP) is 2.64. The summed E-state index contributed by atoms with van der Waals surface area (Å²) >= 11 is 0.107. The number of rotatable bonds is 3. The van der Waals surface area contributed by atoms with E-state index in [4.69, 9.17) is 0 Å². The maximum absolute atomic E-state index is 12.6. The molecule has 22 heavy (non-hydrogen) atoms. The third-order valence-electron chi connectivity index (χ3n) is 3.52. The van der Waals surface area contributed by atoms with Crippen molar-refractivity contribution in [2.45, 2.75) is 36.2 Å². The molecule has 1 aromatic heterocycles. The highest BCUT2D eigenvalue weighted by atomic mass is 32.2. The summed E-state index contributed by atoms with van der Waals surface area (Å²) in [6, 6.07) is 0.324. The average molecular weight is 357 g/mol. The Balaban J connectivity index is 2.36. The summed E-state index contributed by atoms with van der Waals surface area (Å²) in [6.45, 7) is 1.80. The van der Waals surface area contributed by atoms with E-state index in [0.29, 0.717) is 12.5 Å². The molecule has 0 aliphatic carbocycles. The molecule has 1 fully saturated rings. The minimum Gasteiger partial charge on any atom is -0.480 e. The molecule has 1 saturated heterocycles. The maximum Gasteiger partial charge on any atom is 0.425 e. The van der Waals surface area contributed by atoms with Gasteiger partial charge in [0.2, 0.25) is 0 Å². The fraction of sp³-hybridized carbons (Fsp3) is 0.583. The van der Waals surface area contributed by atoms with Gasteiger partial charge in [-0.15, -0.1) is 11.3 Å². The highest BCUT2D eigenvalue weighted by Gasteiger charge is 2.41. The Morgan fingerprint density at radius 3 is 2.55 bits per heavy atom. The van der Waals surface area contributed by atoms with Crippen LogP contribution in [0.4, 0.5) is 13.2 Å². The number of hydrogen-bond acceptors (Lipinski definition) is 4. The number of carboxylic acid groups (broad SMARTS) is 1. The molecule has 0 amide bonds. The molecular formula is C12H14F3NO4S2. The number of carbonyl (C=O) groups is 1. The molecule has 2 atom stereocenters. The molecule has 0 saturated carbocycles. The first-order valence-electron chi connectivity index (χ1n) is 6.45. The summed E-state index contributed by atoms with van der Waals surface area (Å²) in [6.07, 6.45) is -4.01. The molecule has 10 heteroatoms. The quantitative estimate of drug-likeness (QED) is 0.902. The van der Waals surface area contributed by atoms with Crippen molar-refractivity contribution >= 4 is 27.3 Å². The summed E-state index contributed by atoms with van der Waals surface area (Å²) in [7, 11) is -4.25. The second-order valence-electron chi connectivity index (χ2n) is 5.22. The lowest BCUT2D eigenvalue weighted by Crippen LogP contribution is -2.49. The van der Waals surface area contributed by atoms with Gasteiger partial charge in [0.05, 0.1) is 0 Å². The molecule has 0 radical (unpaired) electrons. The largest absolute Gasteiger partial charge is 0.480 e. The van der Waals surface area contributed by atoms with E-state index in [2.05, 4.69) is 0 Å². The van der Waals surface area contributed by atoms with E-state index in [-0.39, 0.29) is 30.2 Å². The number of sulfonamides is 1. The molecule has 0 bridgehead atoms. The Morgan fingerprint density at radius 2 is 2.05 bits per heavy atom. The summed E-state index contributed by atoms with van der Waals surface area (Å²) in [4.78, 5) is 10.2. The average Bonchev–Trinajstić information content (AvgIpc) is 2.88. The van der Waals surface area contributed by atoms with Gasteiger partial charge in [0.15, 0.2) is 0 Å². The molecule has 5 nitrogen and oxygen atoms in total. The minimum atomic E-state index is -4.62. The molecule has 1 N–H and O–H groups in total. The molecule has 0 spiro atoms. The lowest BCUT2D eigenvalue weighted by atomic mass is 9.94. The Bertz CT molecular complexity index is 668. The number of halogens is 3. The lowest BCUT2D eigenvalue weighted by molar-refractivity contribution is -0.143. The predicted molar refractivity (Wildman–Crippen MR) is 73.0 cm³/mol. The highest BCUT2D eigenvalue weighted by Crippen LogP contribution is 2.38. The van der Waals surface area contributed by atoms with Gasteiger partial charge in [-0.3, -0.25) is 4.79 Å². The van der Waals surface area contributed by atoms with Crippen LogP contribution in [0.2, 0.25) is 0 Å². The van der Waals surface area contributed by atoms with Gasteiger partial charge in [0.25, 0.3) is 10.0 Å². The van der Waals surface area contributed by atoms with Crippen molar-refractivity contribution in [2.24, 2.45) is 5.92 Å². The Labute approximate surface area is 129 Å². The molecule has 1 aliphatic rings. The smallest absolute Gasteiger partial charge is 0.425 e. The third-order valence-corrected chi connectivity index (χ3v) is 7.03. The first-order chi connectivity index (χ1) is 10.0. The molecule has 2 unspecified atom stereocenters. The number of hydrogen-bond donors (Lipinski definition) is 1. The number of thiophene rings is 1. The maximum atomic E-state index is 12.6. The van der Waals surface area contributed by atoms with Crippen molar-refractivity contribution in [1.82, 2.24) is 4.31 Å². The van der Waals surface area contributed by atoms with Crippen molar-refractivity contribution in [1.29, 1.82) is 0 Å². The Morgan fingerprint density at radius 1 is 1.41 bits per heavy atom. The van der Waals surface area contributed by atoms with E-state index in [1.165, 1.54) is 0 Å². The van der Waals surface area contributed by atoms with Crippen LogP contribution in [-0.4, -0.2) is 36.4 Å². The fourth-order valence-electron chi connectivity index (χ4n) is 2.36. The fourth-order valence-corrected chi connectivity index (χ4v) is 5.27. The van der Waals surface area contributed by atoms with Gasteiger partial charge in [-0.1, -0.05) is 6.92 Å². The van der Waals surface area contributed by atoms with E-state index < -0.39 is 37.3 Å². The molecule has 124 valence electrons. The third kappa shape index (κ3) is 3.28. The zero-order chi connectivity index (χ0) is 16.7. The number of nitrogens with zero attached hydrogens (tertiary/aromatic N) is 1. The van der Waals surface area contributed by atoms with Gasteiger partial charge in [0, 0.05) is 6.54 Å². The SMILES string of the molecule is CC1CCN(S(=O)(=O)c2ccc(C(F)(F)F)s2)C(C(=O)O)C1. The number of alkyl halides is 3. The van der Waals surface area contributed by atoms with Crippen LogP contribution in [0.5, 0.6) is 0 Å². The van der Waals surface area contributed by atoms with Crippen molar-refractivity contribution < 1.29 is 31.5 Å². The van der Waals surface area contributed by atoms with Crippen LogP contribution in [0.15, 0.2) is 16.3 Å².